The standard InChI is InChI=1S/C15H16F2N2OS/c1-2-10-6-7-21-13(10)8-18-9-14(20)19-15-11(16)4-3-5-12(15)17/h3-7,18H,2,8-9H2,1H3,(H,19,20). The molecule has 1 aromatic carbocycles. The quantitative estimate of drug-likeness (QED) is 0.859. The Morgan fingerprint density at radius 2 is 1.95 bits per heavy atom. The van der Waals surface area contributed by atoms with Gasteiger partial charge in [0.2, 0.25) is 5.91 Å². The van der Waals surface area contributed by atoms with Gasteiger partial charge in [-0.25, -0.2) is 8.78 Å². The van der Waals surface area contributed by atoms with E-state index < -0.39 is 23.2 Å². The van der Waals surface area contributed by atoms with Gasteiger partial charge in [0.25, 0.3) is 0 Å². The zero-order valence-corrected chi connectivity index (χ0v) is 12.4. The van der Waals surface area contributed by atoms with E-state index in [1.165, 1.54) is 16.5 Å². The molecule has 0 fully saturated rings. The van der Waals surface area contributed by atoms with E-state index in [-0.39, 0.29) is 6.54 Å². The summed E-state index contributed by atoms with van der Waals surface area (Å²) in [6.45, 7) is 2.63. The Bertz CT molecular complexity index is 608. The number of nitrogens with one attached hydrogen (secondary N) is 2. The monoisotopic (exact) mass is 310 g/mol. The third kappa shape index (κ3) is 4.09. The second-order valence-electron chi connectivity index (χ2n) is 4.47. The lowest BCUT2D eigenvalue weighted by atomic mass is 10.2. The van der Waals surface area contributed by atoms with Crippen molar-refractivity contribution in [3.63, 3.8) is 0 Å². The van der Waals surface area contributed by atoms with Gasteiger partial charge in [-0.2, -0.15) is 0 Å². The maximum atomic E-state index is 13.4. The molecule has 0 bridgehead atoms. The van der Waals surface area contributed by atoms with Crippen molar-refractivity contribution in [3.05, 3.63) is 51.7 Å². The molecule has 0 radical (unpaired) electrons. The van der Waals surface area contributed by atoms with Crippen LogP contribution in [0, 0.1) is 11.6 Å². The van der Waals surface area contributed by atoms with Crippen LogP contribution in [0.5, 0.6) is 0 Å². The molecule has 21 heavy (non-hydrogen) atoms. The lowest BCUT2D eigenvalue weighted by Crippen LogP contribution is -2.28. The van der Waals surface area contributed by atoms with Crippen LogP contribution in [0.1, 0.15) is 17.4 Å². The molecule has 1 aromatic heterocycles. The molecule has 0 unspecified atom stereocenters. The highest BCUT2D eigenvalue weighted by Crippen LogP contribution is 2.18. The molecule has 1 heterocycles. The number of rotatable bonds is 6. The smallest absolute Gasteiger partial charge is 0.238 e. The first-order valence-corrected chi connectivity index (χ1v) is 7.49. The first-order chi connectivity index (χ1) is 10.1. The molecule has 3 nitrogen and oxygen atoms in total. The van der Waals surface area contributed by atoms with Crippen LogP contribution in [0.2, 0.25) is 0 Å². The van der Waals surface area contributed by atoms with Gasteiger partial charge in [0.05, 0.1) is 6.54 Å². The highest BCUT2D eigenvalue weighted by atomic mass is 32.1. The summed E-state index contributed by atoms with van der Waals surface area (Å²) in [6, 6.07) is 5.51. The summed E-state index contributed by atoms with van der Waals surface area (Å²) in [7, 11) is 0. The van der Waals surface area contributed by atoms with Gasteiger partial charge in [-0.15, -0.1) is 11.3 Å². The van der Waals surface area contributed by atoms with Crippen LogP contribution in [0.15, 0.2) is 29.6 Å². The number of para-hydroxylation sites is 1. The zero-order chi connectivity index (χ0) is 15.2. The molecule has 1 amide bonds. The number of thiophene rings is 1. The molecule has 0 aliphatic carbocycles. The van der Waals surface area contributed by atoms with Gasteiger partial charge in [-0.3, -0.25) is 4.79 Å². The average Bonchev–Trinajstić information content (AvgIpc) is 2.90. The number of benzene rings is 1. The molecule has 0 atom stereocenters. The Kier molecular flexibility index (Phi) is 5.41. The predicted molar refractivity (Wildman–Crippen MR) is 80.4 cm³/mol. The lowest BCUT2D eigenvalue weighted by Gasteiger charge is -2.08. The SMILES string of the molecule is CCc1ccsc1CNCC(=O)Nc1c(F)cccc1F. The van der Waals surface area contributed by atoms with Crippen LogP contribution in [0.3, 0.4) is 0 Å². The third-order valence-electron chi connectivity index (χ3n) is 3.02. The van der Waals surface area contributed by atoms with Crippen LogP contribution in [0.4, 0.5) is 14.5 Å². The van der Waals surface area contributed by atoms with E-state index in [0.29, 0.717) is 6.54 Å². The predicted octanol–water partition coefficient (Wildman–Crippen LogP) is 3.32. The van der Waals surface area contributed by atoms with Crippen molar-refractivity contribution in [2.75, 3.05) is 11.9 Å². The van der Waals surface area contributed by atoms with Crippen molar-refractivity contribution in [2.24, 2.45) is 0 Å². The number of hydrogen-bond acceptors (Lipinski definition) is 3. The Labute approximate surface area is 126 Å². The number of anilines is 1. The van der Waals surface area contributed by atoms with Crippen LogP contribution in [0.25, 0.3) is 0 Å². The fourth-order valence-corrected chi connectivity index (χ4v) is 2.87. The van der Waals surface area contributed by atoms with E-state index in [2.05, 4.69) is 23.6 Å². The topological polar surface area (TPSA) is 41.1 Å². The lowest BCUT2D eigenvalue weighted by molar-refractivity contribution is -0.115. The summed E-state index contributed by atoms with van der Waals surface area (Å²) in [5.41, 5.74) is 0.836. The van der Waals surface area contributed by atoms with Crippen molar-refractivity contribution < 1.29 is 13.6 Å². The van der Waals surface area contributed by atoms with Gasteiger partial charge >= 0.3 is 0 Å². The summed E-state index contributed by atoms with van der Waals surface area (Å²) < 4.78 is 26.8. The summed E-state index contributed by atoms with van der Waals surface area (Å²) in [5.74, 6) is -2.04. The van der Waals surface area contributed by atoms with Crippen molar-refractivity contribution >= 4 is 22.9 Å². The molecule has 2 aromatic rings. The molecule has 6 heteroatoms. The first kappa shape index (κ1) is 15.6. The van der Waals surface area contributed by atoms with E-state index in [1.807, 2.05) is 5.38 Å². The van der Waals surface area contributed by atoms with E-state index in [0.717, 1.165) is 18.6 Å². The molecular weight excluding hydrogens is 294 g/mol. The fraction of sp³-hybridized carbons (Fsp3) is 0.267. The van der Waals surface area contributed by atoms with Crippen molar-refractivity contribution in [2.45, 2.75) is 19.9 Å². The molecule has 2 N–H and O–H groups in total. The first-order valence-electron chi connectivity index (χ1n) is 6.61. The molecule has 0 saturated carbocycles. The number of halogens is 2. The summed E-state index contributed by atoms with van der Waals surface area (Å²) in [4.78, 5) is 12.9. The second-order valence-corrected chi connectivity index (χ2v) is 5.47. The second kappa shape index (κ2) is 7.28. The number of amides is 1. The summed E-state index contributed by atoms with van der Waals surface area (Å²) >= 11 is 1.62. The Hall–Kier alpha value is -1.79. The third-order valence-corrected chi connectivity index (χ3v) is 3.98. The van der Waals surface area contributed by atoms with Gasteiger partial charge in [0.15, 0.2) is 0 Å². The molecule has 112 valence electrons. The molecule has 2 rings (SSSR count). The largest absolute Gasteiger partial charge is 0.320 e. The minimum absolute atomic E-state index is 0.00513. The Morgan fingerprint density at radius 1 is 1.24 bits per heavy atom. The van der Waals surface area contributed by atoms with E-state index in [4.69, 9.17) is 0 Å². The van der Waals surface area contributed by atoms with E-state index in [1.54, 1.807) is 11.3 Å². The van der Waals surface area contributed by atoms with Gasteiger partial charge in [0, 0.05) is 11.4 Å². The molecule has 0 aliphatic rings. The number of carbonyl (C=O) groups excluding carboxylic acids is 1. The van der Waals surface area contributed by atoms with Crippen LogP contribution >= 0.6 is 11.3 Å². The van der Waals surface area contributed by atoms with Gasteiger partial charge in [-0.1, -0.05) is 13.0 Å². The van der Waals surface area contributed by atoms with Gasteiger partial charge in [0.1, 0.15) is 17.3 Å². The number of aryl methyl sites for hydroxylation is 1. The molecule has 0 spiro atoms. The van der Waals surface area contributed by atoms with Crippen LogP contribution in [-0.2, 0) is 17.8 Å². The van der Waals surface area contributed by atoms with Crippen LogP contribution < -0.4 is 10.6 Å². The summed E-state index contributed by atoms with van der Waals surface area (Å²) in [6.07, 6.45) is 0.938. The Balaban J connectivity index is 1.85. The average molecular weight is 310 g/mol. The fourth-order valence-electron chi connectivity index (χ4n) is 1.93. The van der Waals surface area contributed by atoms with Gasteiger partial charge in [-0.05, 0) is 35.6 Å². The maximum absolute atomic E-state index is 13.4. The van der Waals surface area contributed by atoms with Crippen molar-refractivity contribution in [1.82, 2.24) is 5.32 Å². The highest BCUT2D eigenvalue weighted by Gasteiger charge is 2.11. The molecular formula is C15H16F2N2OS. The van der Waals surface area contributed by atoms with E-state index >= 15 is 0 Å². The number of carbonyl (C=O) groups is 1. The summed E-state index contributed by atoms with van der Waals surface area (Å²) in [5, 5.41) is 7.22. The minimum atomic E-state index is -0.783. The highest BCUT2D eigenvalue weighted by molar-refractivity contribution is 7.10. The Morgan fingerprint density at radius 3 is 2.62 bits per heavy atom. The minimum Gasteiger partial charge on any atom is -0.320 e. The molecule has 0 saturated heterocycles. The molecule has 0 aliphatic heterocycles. The maximum Gasteiger partial charge on any atom is 0.238 e. The van der Waals surface area contributed by atoms with Crippen molar-refractivity contribution in [3.8, 4) is 0 Å². The van der Waals surface area contributed by atoms with Crippen LogP contribution in [-0.4, -0.2) is 12.5 Å². The number of hydrogen-bond donors (Lipinski definition) is 2. The van der Waals surface area contributed by atoms with Gasteiger partial charge < -0.3 is 10.6 Å². The zero-order valence-electron chi connectivity index (χ0n) is 11.6. The normalized spacial score (nSPS) is 10.6. The van der Waals surface area contributed by atoms with Crippen molar-refractivity contribution in [1.29, 1.82) is 0 Å². The van der Waals surface area contributed by atoms with E-state index in [9.17, 15) is 13.6 Å².